The van der Waals surface area contributed by atoms with Crippen molar-refractivity contribution in [3.8, 4) is 0 Å². The van der Waals surface area contributed by atoms with Crippen molar-refractivity contribution < 1.29 is 4.39 Å². The second-order valence-corrected chi connectivity index (χ2v) is 5.33. The SMILES string of the molecule is CCNC(c1ccccc1F)C1CCSC1. The quantitative estimate of drug-likeness (QED) is 0.865. The highest BCUT2D eigenvalue weighted by Crippen LogP contribution is 2.34. The lowest BCUT2D eigenvalue weighted by Gasteiger charge is -2.24. The van der Waals surface area contributed by atoms with Gasteiger partial charge in [-0.3, -0.25) is 0 Å². The molecule has 0 saturated carbocycles. The van der Waals surface area contributed by atoms with E-state index in [4.69, 9.17) is 0 Å². The third-order valence-corrected chi connectivity index (χ3v) is 4.29. The third kappa shape index (κ3) is 2.58. The maximum absolute atomic E-state index is 13.8. The van der Waals surface area contributed by atoms with Crippen LogP contribution in [0.5, 0.6) is 0 Å². The van der Waals surface area contributed by atoms with Crippen LogP contribution in [0.25, 0.3) is 0 Å². The van der Waals surface area contributed by atoms with E-state index in [2.05, 4.69) is 12.2 Å². The standard InChI is InChI=1S/C13H18FNS/c1-2-15-13(10-7-8-16-9-10)11-5-3-4-6-12(11)14/h3-6,10,13,15H,2,7-9H2,1H3. The van der Waals surface area contributed by atoms with E-state index >= 15 is 0 Å². The van der Waals surface area contributed by atoms with Gasteiger partial charge in [0.25, 0.3) is 0 Å². The molecule has 3 heteroatoms. The van der Waals surface area contributed by atoms with Gasteiger partial charge in [-0.15, -0.1) is 0 Å². The lowest BCUT2D eigenvalue weighted by atomic mass is 9.92. The van der Waals surface area contributed by atoms with E-state index in [1.54, 1.807) is 12.1 Å². The molecule has 0 aromatic heterocycles. The summed E-state index contributed by atoms with van der Waals surface area (Å²) >= 11 is 1.97. The molecule has 1 aliphatic rings. The van der Waals surface area contributed by atoms with Crippen LogP contribution in [0.3, 0.4) is 0 Å². The van der Waals surface area contributed by atoms with Gasteiger partial charge in [0.05, 0.1) is 0 Å². The predicted octanol–water partition coefficient (Wildman–Crippen LogP) is 3.23. The molecule has 0 aliphatic carbocycles. The van der Waals surface area contributed by atoms with Crippen LogP contribution in [-0.2, 0) is 0 Å². The average Bonchev–Trinajstić information content (AvgIpc) is 2.80. The van der Waals surface area contributed by atoms with Crippen LogP contribution in [0, 0.1) is 11.7 Å². The van der Waals surface area contributed by atoms with Crippen molar-refractivity contribution in [1.82, 2.24) is 5.32 Å². The van der Waals surface area contributed by atoms with Crippen molar-refractivity contribution in [2.75, 3.05) is 18.1 Å². The fraction of sp³-hybridized carbons (Fsp3) is 0.538. The first kappa shape index (κ1) is 11.9. The van der Waals surface area contributed by atoms with Gasteiger partial charge in [0.15, 0.2) is 0 Å². The molecule has 0 amide bonds. The molecule has 0 bridgehead atoms. The van der Waals surface area contributed by atoms with Crippen molar-refractivity contribution in [2.45, 2.75) is 19.4 Å². The summed E-state index contributed by atoms with van der Waals surface area (Å²) in [5.41, 5.74) is 0.830. The molecular weight excluding hydrogens is 221 g/mol. The first-order valence-electron chi connectivity index (χ1n) is 5.88. The van der Waals surface area contributed by atoms with Gasteiger partial charge in [-0.05, 0) is 36.5 Å². The molecule has 1 N–H and O–H groups in total. The molecule has 16 heavy (non-hydrogen) atoms. The number of benzene rings is 1. The summed E-state index contributed by atoms with van der Waals surface area (Å²) in [6, 6.07) is 7.32. The number of rotatable bonds is 4. The van der Waals surface area contributed by atoms with Crippen LogP contribution >= 0.6 is 11.8 Å². The molecule has 1 nitrogen and oxygen atoms in total. The summed E-state index contributed by atoms with van der Waals surface area (Å²) in [7, 11) is 0. The maximum Gasteiger partial charge on any atom is 0.127 e. The zero-order valence-electron chi connectivity index (χ0n) is 9.58. The van der Waals surface area contributed by atoms with Crippen LogP contribution < -0.4 is 5.32 Å². The largest absolute Gasteiger partial charge is 0.310 e. The Morgan fingerprint density at radius 3 is 2.94 bits per heavy atom. The van der Waals surface area contributed by atoms with Gasteiger partial charge in [0, 0.05) is 11.6 Å². The summed E-state index contributed by atoms with van der Waals surface area (Å²) in [5.74, 6) is 2.85. The van der Waals surface area contributed by atoms with E-state index in [9.17, 15) is 4.39 Å². The first-order chi connectivity index (χ1) is 7.83. The Hall–Kier alpha value is -0.540. The molecule has 0 spiro atoms. The second kappa shape index (κ2) is 5.69. The highest BCUT2D eigenvalue weighted by Gasteiger charge is 2.27. The Balaban J connectivity index is 2.21. The average molecular weight is 239 g/mol. The van der Waals surface area contributed by atoms with E-state index in [0.29, 0.717) is 5.92 Å². The van der Waals surface area contributed by atoms with E-state index in [0.717, 1.165) is 17.9 Å². The number of thioether (sulfide) groups is 1. The van der Waals surface area contributed by atoms with Gasteiger partial charge < -0.3 is 5.32 Å². The van der Waals surface area contributed by atoms with Crippen molar-refractivity contribution >= 4 is 11.8 Å². The third-order valence-electron chi connectivity index (χ3n) is 3.10. The number of halogens is 1. The summed E-state index contributed by atoms with van der Waals surface area (Å²) < 4.78 is 13.8. The minimum absolute atomic E-state index is 0.0784. The van der Waals surface area contributed by atoms with Crippen molar-refractivity contribution in [1.29, 1.82) is 0 Å². The Morgan fingerprint density at radius 1 is 1.50 bits per heavy atom. The Morgan fingerprint density at radius 2 is 2.31 bits per heavy atom. The highest BCUT2D eigenvalue weighted by molar-refractivity contribution is 7.99. The van der Waals surface area contributed by atoms with E-state index < -0.39 is 0 Å². The van der Waals surface area contributed by atoms with Crippen molar-refractivity contribution in [2.24, 2.45) is 5.92 Å². The lowest BCUT2D eigenvalue weighted by Crippen LogP contribution is -2.29. The minimum Gasteiger partial charge on any atom is -0.310 e. The van der Waals surface area contributed by atoms with Crippen molar-refractivity contribution in [3.05, 3.63) is 35.6 Å². The minimum atomic E-state index is -0.0784. The van der Waals surface area contributed by atoms with E-state index in [1.165, 1.54) is 12.2 Å². The van der Waals surface area contributed by atoms with E-state index in [-0.39, 0.29) is 11.9 Å². The molecule has 1 fully saturated rings. The maximum atomic E-state index is 13.8. The predicted molar refractivity (Wildman–Crippen MR) is 68.2 cm³/mol. The van der Waals surface area contributed by atoms with Crippen LogP contribution in [-0.4, -0.2) is 18.1 Å². The fourth-order valence-corrected chi connectivity index (χ4v) is 3.59. The van der Waals surface area contributed by atoms with Crippen LogP contribution in [0.1, 0.15) is 24.9 Å². The molecule has 2 unspecified atom stereocenters. The summed E-state index contributed by atoms with van der Waals surface area (Å²) in [6.07, 6.45) is 1.19. The normalized spacial score (nSPS) is 22.2. The van der Waals surface area contributed by atoms with Gasteiger partial charge >= 0.3 is 0 Å². The monoisotopic (exact) mass is 239 g/mol. The topological polar surface area (TPSA) is 12.0 Å². The van der Waals surface area contributed by atoms with Gasteiger partial charge in [-0.1, -0.05) is 25.1 Å². The van der Waals surface area contributed by atoms with Crippen LogP contribution in [0.4, 0.5) is 4.39 Å². The van der Waals surface area contributed by atoms with Crippen LogP contribution in [0.15, 0.2) is 24.3 Å². The second-order valence-electron chi connectivity index (χ2n) is 4.18. The molecule has 1 aliphatic heterocycles. The number of hydrogen-bond donors (Lipinski definition) is 1. The van der Waals surface area contributed by atoms with Gasteiger partial charge in [0.2, 0.25) is 0 Å². The lowest BCUT2D eigenvalue weighted by molar-refractivity contribution is 0.388. The zero-order valence-corrected chi connectivity index (χ0v) is 10.4. The molecule has 1 heterocycles. The number of nitrogens with one attached hydrogen (secondary N) is 1. The summed E-state index contributed by atoms with van der Waals surface area (Å²) in [4.78, 5) is 0. The molecule has 2 atom stereocenters. The van der Waals surface area contributed by atoms with Gasteiger partial charge in [-0.25, -0.2) is 4.39 Å². The molecule has 88 valence electrons. The van der Waals surface area contributed by atoms with Crippen LogP contribution in [0.2, 0.25) is 0 Å². The van der Waals surface area contributed by atoms with Gasteiger partial charge in [0.1, 0.15) is 5.82 Å². The first-order valence-corrected chi connectivity index (χ1v) is 7.04. The molecule has 2 rings (SSSR count). The molecule has 0 radical (unpaired) electrons. The smallest absolute Gasteiger partial charge is 0.127 e. The highest BCUT2D eigenvalue weighted by atomic mass is 32.2. The van der Waals surface area contributed by atoms with E-state index in [1.807, 2.05) is 23.9 Å². The molecule has 1 aromatic carbocycles. The Labute approximate surface area is 101 Å². The van der Waals surface area contributed by atoms with Crippen molar-refractivity contribution in [3.63, 3.8) is 0 Å². The molecule has 1 saturated heterocycles. The summed E-state index contributed by atoms with van der Waals surface area (Å²) in [6.45, 7) is 2.97. The summed E-state index contributed by atoms with van der Waals surface area (Å²) in [5, 5.41) is 3.43. The Bertz CT molecular complexity index is 336. The molecular formula is C13H18FNS. The fourth-order valence-electron chi connectivity index (χ4n) is 2.29. The number of hydrogen-bond acceptors (Lipinski definition) is 2. The molecule has 1 aromatic rings. The zero-order chi connectivity index (χ0) is 11.4. The van der Waals surface area contributed by atoms with Gasteiger partial charge in [-0.2, -0.15) is 11.8 Å². The Kier molecular flexibility index (Phi) is 4.24.